The highest BCUT2D eigenvalue weighted by molar-refractivity contribution is 6.00. The quantitative estimate of drug-likeness (QED) is 0.264. The van der Waals surface area contributed by atoms with Crippen molar-refractivity contribution in [3.05, 3.63) is 70.0 Å². The van der Waals surface area contributed by atoms with Gasteiger partial charge in [-0.2, -0.15) is 0 Å². The molecule has 2 aliphatic heterocycles. The van der Waals surface area contributed by atoms with Crippen LogP contribution in [0.2, 0.25) is 0 Å². The number of nitrogens with two attached hydrogens (primary N) is 1. The van der Waals surface area contributed by atoms with E-state index in [1.807, 2.05) is 0 Å². The Balaban J connectivity index is 1.38. The van der Waals surface area contributed by atoms with Gasteiger partial charge in [-0.3, -0.25) is 4.79 Å². The summed E-state index contributed by atoms with van der Waals surface area (Å²) in [7, 11) is 0. The number of esters is 2. The van der Waals surface area contributed by atoms with E-state index in [-0.39, 0.29) is 17.9 Å². The minimum absolute atomic E-state index is 0.0690. The Morgan fingerprint density at radius 3 is 2.79 bits per heavy atom. The van der Waals surface area contributed by atoms with E-state index in [4.69, 9.17) is 15.2 Å². The molecule has 1 spiro atoms. The number of benzene rings is 1. The zero-order chi connectivity index (χ0) is 29.6. The lowest BCUT2D eigenvalue weighted by molar-refractivity contribution is -0.278. The lowest BCUT2D eigenvalue weighted by atomic mass is 9.28. The fourth-order valence-corrected chi connectivity index (χ4v) is 11.9. The van der Waals surface area contributed by atoms with Gasteiger partial charge in [0.1, 0.15) is 11.2 Å². The number of carbonyl (C=O) groups is 2. The van der Waals surface area contributed by atoms with E-state index in [1.165, 1.54) is 36.8 Å². The lowest BCUT2D eigenvalue weighted by Gasteiger charge is -2.72. The Bertz CT molecular complexity index is 1470. The predicted octanol–water partition coefficient (Wildman–Crippen LogP) is 7.69. The highest BCUT2D eigenvalue weighted by Crippen LogP contribution is 2.87. The van der Waals surface area contributed by atoms with Crippen molar-refractivity contribution in [2.45, 2.75) is 103 Å². The average Bonchev–Trinajstić information content (AvgIpc) is 3.47. The molecule has 2 saturated carbocycles. The molecular formula is C38H47NO4. The third kappa shape index (κ3) is 3.18. The van der Waals surface area contributed by atoms with Gasteiger partial charge in [0.2, 0.25) is 0 Å². The Morgan fingerprint density at radius 2 is 1.98 bits per heavy atom. The van der Waals surface area contributed by atoms with Gasteiger partial charge in [0.05, 0.1) is 11.0 Å². The molecule has 43 heavy (non-hydrogen) atoms. The summed E-state index contributed by atoms with van der Waals surface area (Å²) < 4.78 is 13.4. The van der Waals surface area contributed by atoms with Gasteiger partial charge in [-0.15, -0.1) is 0 Å². The third-order valence-electron chi connectivity index (χ3n) is 13.1. The largest absolute Gasteiger partial charge is 0.449 e. The second-order valence-corrected chi connectivity index (χ2v) is 14.6. The molecule has 5 aliphatic carbocycles. The first-order valence-corrected chi connectivity index (χ1v) is 17.4. The molecule has 0 amide bonds. The Kier molecular flexibility index (Phi) is 6.43. The van der Waals surface area contributed by atoms with Crippen molar-refractivity contribution in [1.29, 1.82) is 0 Å². The maximum atomic E-state index is 14.8. The maximum absolute atomic E-state index is 14.8. The van der Waals surface area contributed by atoms with Gasteiger partial charge in [-0.1, -0.05) is 74.6 Å². The van der Waals surface area contributed by atoms with E-state index >= 15 is 0 Å². The molecule has 0 bridgehead atoms. The van der Waals surface area contributed by atoms with E-state index in [0.717, 1.165) is 86.2 Å². The fourth-order valence-electron chi connectivity index (χ4n) is 11.9. The summed E-state index contributed by atoms with van der Waals surface area (Å²) in [6, 6.07) is 6.29. The Labute approximate surface area is 256 Å². The first-order valence-electron chi connectivity index (χ1n) is 17.4. The highest BCUT2D eigenvalue weighted by Gasteiger charge is 2.92. The molecule has 2 N–H and O–H groups in total. The summed E-state index contributed by atoms with van der Waals surface area (Å²) in [6.45, 7) is 4.96. The Hall–Kier alpha value is -2.66. The summed E-state index contributed by atoms with van der Waals surface area (Å²) >= 11 is 0. The molecule has 8 unspecified atom stereocenters. The van der Waals surface area contributed by atoms with E-state index < -0.39 is 16.4 Å². The van der Waals surface area contributed by atoms with Crippen LogP contribution in [-0.2, 0) is 26.3 Å². The van der Waals surface area contributed by atoms with Crippen molar-refractivity contribution in [3.8, 4) is 0 Å². The zero-order valence-electron chi connectivity index (χ0n) is 26.0. The van der Waals surface area contributed by atoms with Gasteiger partial charge in [0, 0.05) is 17.4 Å². The van der Waals surface area contributed by atoms with E-state index in [2.05, 4.69) is 50.3 Å². The van der Waals surface area contributed by atoms with Gasteiger partial charge in [0.25, 0.3) is 0 Å². The molecular weight excluding hydrogens is 534 g/mol. The van der Waals surface area contributed by atoms with Crippen molar-refractivity contribution in [2.75, 3.05) is 6.54 Å². The number of hydrogen-bond acceptors (Lipinski definition) is 5. The molecule has 8 atom stereocenters. The maximum Gasteiger partial charge on any atom is 0.339 e. The predicted molar refractivity (Wildman–Crippen MR) is 166 cm³/mol. The van der Waals surface area contributed by atoms with Crippen LogP contribution in [0.15, 0.2) is 53.3 Å². The molecule has 8 rings (SSSR count). The molecule has 3 fully saturated rings. The molecule has 7 aliphatic rings. The average molecular weight is 582 g/mol. The van der Waals surface area contributed by atoms with Crippen LogP contribution in [0.3, 0.4) is 0 Å². The molecule has 2 heterocycles. The number of fused-ring (bicyclic) bond motifs is 3. The molecule has 1 aromatic rings. The molecule has 1 aromatic carbocycles. The van der Waals surface area contributed by atoms with Crippen molar-refractivity contribution in [1.82, 2.24) is 0 Å². The van der Waals surface area contributed by atoms with Crippen molar-refractivity contribution in [3.63, 3.8) is 0 Å². The van der Waals surface area contributed by atoms with Gasteiger partial charge in [-0.25, -0.2) is 4.79 Å². The second-order valence-electron chi connectivity index (χ2n) is 14.6. The van der Waals surface area contributed by atoms with E-state index in [0.29, 0.717) is 24.3 Å². The van der Waals surface area contributed by atoms with Crippen LogP contribution in [0.25, 0.3) is 0 Å². The number of ether oxygens (including phenoxy) is 2. The van der Waals surface area contributed by atoms with Crippen LogP contribution in [0.1, 0.15) is 112 Å². The fraction of sp³-hybridized carbons (Fsp3) is 0.632. The number of hydrogen-bond donors (Lipinski definition) is 1. The van der Waals surface area contributed by atoms with E-state index in [9.17, 15) is 9.59 Å². The van der Waals surface area contributed by atoms with Crippen LogP contribution < -0.4 is 5.73 Å². The highest BCUT2D eigenvalue weighted by atomic mass is 16.6. The van der Waals surface area contributed by atoms with Gasteiger partial charge < -0.3 is 15.2 Å². The summed E-state index contributed by atoms with van der Waals surface area (Å²) in [5.41, 5.74) is 9.24. The lowest BCUT2D eigenvalue weighted by Crippen LogP contribution is -2.77. The SMILES string of the molecule is CCCC=C1OC(=O)C23C4=C(CCC12C1(OC(=O)c2c(CCCN)cccc21)C3CCC)C1C=CCC2CCCC(C4)C21. The second kappa shape index (κ2) is 9.92. The van der Waals surface area contributed by atoms with Crippen LogP contribution in [0, 0.1) is 40.4 Å². The number of allylic oxidation sites excluding steroid dienone is 4. The van der Waals surface area contributed by atoms with Crippen molar-refractivity contribution in [2.24, 2.45) is 46.2 Å². The van der Waals surface area contributed by atoms with Crippen LogP contribution in [-0.4, -0.2) is 18.5 Å². The first kappa shape index (κ1) is 27.9. The number of carbonyl (C=O) groups excluding carboxylic acids is 2. The van der Waals surface area contributed by atoms with Crippen molar-refractivity contribution >= 4 is 11.9 Å². The Morgan fingerprint density at radius 1 is 1.12 bits per heavy atom. The topological polar surface area (TPSA) is 78.6 Å². The normalized spacial score (nSPS) is 40.8. The summed E-state index contributed by atoms with van der Waals surface area (Å²) in [6.07, 6.45) is 20.1. The molecule has 0 radical (unpaired) electrons. The molecule has 5 heteroatoms. The van der Waals surface area contributed by atoms with Crippen LogP contribution in [0.4, 0.5) is 0 Å². The summed E-state index contributed by atoms with van der Waals surface area (Å²) in [4.78, 5) is 28.9. The minimum atomic E-state index is -0.882. The van der Waals surface area contributed by atoms with Crippen molar-refractivity contribution < 1.29 is 19.1 Å². The molecule has 5 nitrogen and oxygen atoms in total. The number of cyclic esters (lactones) is 1. The first-order chi connectivity index (χ1) is 21.0. The minimum Gasteiger partial charge on any atom is -0.449 e. The van der Waals surface area contributed by atoms with Crippen LogP contribution in [0.5, 0.6) is 0 Å². The number of aryl methyl sites for hydroxylation is 1. The molecule has 1 saturated heterocycles. The van der Waals surface area contributed by atoms with Gasteiger partial charge >= 0.3 is 11.9 Å². The van der Waals surface area contributed by atoms with Crippen LogP contribution >= 0.6 is 0 Å². The smallest absolute Gasteiger partial charge is 0.339 e. The summed E-state index contributed by atoms with van der Waals surface area (Å²) in [5, 5.41) is 0. The van der Waals surface area contributed by atoms with Gasteiger partial charge in [-0.05, 0) is 100 Å². The number of unbranched alkanes of at least 4 members (excludes halogenated alkanes) is 1. The van der Waals surface area contributed by atoms with Gasteiger partial charge in [0.15, 0.2) is 5.60 Å². The molecule has 228 valence electrons. The summed E-state index contributed by atoms with van der Waals surface area (Å²) in [5.74, 6) is 2.91. The third-order valence-corrected chi connectivity index (χ3v) is 13.1. The monoisotopic (exact) mass is 581 g/mol. The zero-order valence-corrected chi connectivity index (χ0v) is 26.0. The molecule has 0 aromatic heterocycles. The standard InChI is InChI=1S/C38H47NO4/c1-3-5-18-31-36-20-19-26-27-16-7-12-23-11-6-14-25(32(23)27)22-29(26)37(36,35(41)42-31)30(10-4-2)38(36)28-17-8-13-24(15-9-21-39)33(28)34(40)43-38/h7-8,13,16-18,23,25,27,30,32H,3-6,9-12,14-15,19-22,39H2,1-2H3. The number of rotatable bonds is 7. The van der Waals surface area contributed by atoms with E-state index in [1.54, 1.807) is 0 Å².